The summed E-state index contributed by atoms with van der Waals surface area (Å²) in [4.78, 5) is 13.8. The van der Waals surface area contributed by atoms with E-state index in [4.69, 9.17) is 4.74 Å². The molecule has 108 valence electrons. The second-order valence-corrected chi connectivity index (χ2v) is 4.80. The monoisotopic (exact) mass is 267 g/mol. The summed E-state index contributed by atoms with van der Waals surface area (Å²) in [6.45, 7) is 9.53. The summed E-state index contributed by atoms with van der Waals surface area (Å²) in [5, 5.41) is 4.27. The topological polar surface area (TPSA) is 47.4 Å². The first-order chi connectivity index (χ1) is 9.02. The lowest BCUT2D eigenvalue weighted by Crippen LogP contribution is -2.54. The van der Waals surface area contributed by atoms with Gasteiger partial charge in [-0.3, -0.25) is 9.48 Å². The fraction of sp³-hybridized carbons (Fsp3) is 0.714. The lowest BCUT2D eigenvalue weighted by atomic mass is 10.1. The maximum Gasteiger partial charge on any atom is 0.274 e. The highest BCUT2D eigenvalue weighted by molar-refractivity contribution is 5.93. The van der Waals surface area contributed by atoms with Gasteiger partial charge in [0.15, 0.2) is 5.69 Å². The van der Waals surface area contributed by atoms with Crippen molar-refractivity contribution in [3.8, 4) is 0 Å². The van der Waals surface area contributed by atoms with Crippen molar-refractivity contribution in [3.05, 3.63) is 17.5 Å². The zero-order valence-electron chi connectivity index (χ0n) is 12.8. The van der Waals surface area contributed by atoms with Gasteiger partial charge in [0.25, 0.3) is 5.91 Å². The van der Waals surface area contributed by atoms with E-state index < -0.39 is 0 Å². The highest BCUT2D eigenvalue weighted by Gasteiger charge is 2.32. The first-order valence-corrected chi connectivity index (χ1v) is 6.89. The molecule has 0 unspecified atom stereocenters. The first kappa shape index (κ1) is 15.7. The molecule has 0 aliphatic carbocycles. The summed E-state index contributed by atoms with van der Waals surface area (Å²) in [6, 6.07) is 1.88. The number of hydrogen-bond acceptors (Lipinski definition) is 3. The molecule has 5 nitrogen and oxygen atoms in total. The van der Waals surface area contributed by atoms with Gasteiger partial charge in [-0.25, -0.2) is 0 Å². The van der Waals surface area contributed by atoms with Crippen molar-refractivity contribution in [2.75, 3.05) is 20.2 Å². The predicted octanol–water partition coefficient (Wildman–Crippen LogP) is 2.04. The van der Waals surface area contributed by atoms with Gasteiger partial charge in [-0.05, 0) is 12.0 Å². The minimum Gasteiger partial charge on any atom is -0.378 e. The molecule has 0 aromatic carbocycles. The van der Waals surface area contributed by atoms with Crippen molar-refractivity contribution in [2.24, 2.45) is 7.05 Å². The van der Waals surface area contributed by atoms with Crippen LogP contribution >= 0.6 is 0 Å². The van der Waals surface area contributed by atoms with Crippen LogP contribution in [0.25, 0.3) is 0 Å². The molecule has 2 rings (SSSR count). The van der Waals surface area contributed by atoms with Gasteiger partial charge in [0.1, 0.15) is 0 Å². The van der Waals surface area contributed by atoms with E-state index in [-0.39, 0.29) is 12.0 Å². The van der Waals surface area contributed by atoms with E-state index >= 15 is 0 Å². The molecule has 1 aromatic rings. The molecule has 2 heterocycles. The van der Waals surface area contributed by atoms with Crippen LogP contribution in [0.2, 0.25) is 0 Å². The summed E-state index contributed by atoms with van der Waals surface area (Å²) in [5.74, 6) is 0.373. The normalized spacial score (nSPS) is 15.0. The van der Waals surface area contributed by atoms with Crippen molar-refractivity contribution in [1.82, 2.24) is 14.7 Å². The Kier molecular flexibility index (Phi) is 5.54. The highest BCUT2D eigenvalue weighted by Crippen LogP contribution is 2.18. The quantitative estimate of drug-likeness (QED) is 0.842. The Balaban J connectivity index is 0.000000861. The molecule has 1 fully saturated rings. The van der Waals surface area contributed by atoms with Crippen LogP contribution in [0.3, 0.4) is 0 Å². The van der Waals surface area contributed by atoms with Crippen LogP contribution in [-0.4, -0.2) is 46.9 Å². The van der Waals surface area contributed by atoms with Crippen LogP contribution < -0.4 is 0 Å². The van der Waals surface area contributed by atoms with E-state index in [1.165, 1.54) is 0 Å². The molecule has 1 amide bonds. The SMILES string of the molecule is CC.COC1CN(C(=O)c2cc(C(C)C)n(C)n2)C1. The number of nitrogens with zero attached hydrogens (tertiary/aromatic N) is 3. The number of ether oxygens (including phenoxy) is 1. The van der Waals surface area contributed by atoms with Crippen molar-refractivity contribution in [1.29, 1.82) is 0 Å². The molecule has 0 radical (unpaired) electrons. The van der Waals surface area contributed by atoms with Gasteiger partial charge in [-0.15, -0.1) is 0 Å². The Morgan fingerprint density at radius 1 is 1.42 bits per heavy atom. The van der Waals surface area contributed by atoms with Crippen LogP contribution in [0.1, 0.15) is 49.8 Å². The van der Waals surface area contributed by atoms with Gasteiger partial charge in [-0.1, -0.05) is 27.7 Å². The Morgan fingerprint density at radius 2 is 2.00 bits per heavy atom. The van der Waals surface area contributed by atoms with E-state index in [1.54, 1.807) is 16.7 Å². The van der Waals surface area contributed by atoms with Gasteiger partial charge in [0.2, 0.25) is 0 Å². The third kappa shape index (κ3) is 3.35. The fourth-order valence-electron chi connectivity index (χ4n) is 2.04. The van der Waals surface area contributed by atoms with Crippen LogP contribution in [0, 0.1) is 0 Å². The molecule has 0 atom stereocenters. The third-order valence-electron chi connectivity index (χ3n) is 3.20. The van der Waals surface area contributed by atoms with Gasteiger partial charge < -0.3 is 9.64 Å². The van der Waals surface area contributed by atoms with E-state index in [1.807, 2.05) is 27.0 Å². The zero-order chi connectivity index (χ0) is 14.6. The Bertz CT molecular complexity index is 420. The van der Waals surface area contributed by atoms with Gasteiger partial charge in [-0.2, -0.15) is 5.10 Å². The van der Waals surface area contributed by atoms with E-state index in [2.05, 4.69) is 18.9 Å². The van der Waals surface area contributed by atoms with Crippen LogP contribution in [0.15, 0.2) is 6.07 Å². The average molecular weight is 267 g/mol. The molecule has 1 aliphatic heterocycles. The number of carbonyl (C=O) groups is 1. The van der Waals surface area contributed by atoms with E-state index in [0.717, 1.165) is 5.69 Å². The van der Waals surface area contributed by atoms with E-state index in [0.29, 0.717) is 24.7 Å². The van der Waals surface area contributed by atoms with Crippen molar-refractivity contribution < 1.29 is 9.53 Å². The number of methoxy groups -OCH3 is 1. The van der Waals surface area contributed by atoms with Gasteiger partial charge in [0, 0.05) is 32.9 Å². The molecule has 0 N–H and O–H groups in total. The summed E-state index contributed by atoms with van der Waals surface area (Å²) in [5.41, 5.74) is 1.61. The largest absolute Gasteiger partial charge is 0.378 e. The molecule has 19 heavy (non-hydrogen) atoms. The number of amides is 1. The first-order valence-electron chi connectivity index (χ1n) is 6.89. The standard InChI is InChI=1S/C12H19N3O2.C2H6/c1-8(2)11-5-10(13-14(11)3)12(16)15-6-9(7-15)17-4;1-2/h5,8-9H,6-7H2,1-4H3;1-2H3. The molecular formula is C14H25N3O2. The minimum atomic E-state index is 0.000741. The molecule has 1 aliphatic rings. The number of likely N-dealkylation sites (tertiary alicyclic amines) is 1. The highest BCUT2D eigenvalue weighted by atomic mass is 16.5. The van der Waals surface area contributed by atoms with Crippen molar-refractivity contribution in [2.45, 2.75) is 39.7 Å². The summed E-state index contributed by atoms with van der Waals surface area (Å²) < 4.78 is 6.93. The van der Waals surface area contributed by atoms with Crippen LogP contribution in [0.4, 0.5) is 0 Å². The Hall–Kier alpha value is -1.36. The summed E-state index contributed by atoms with van der Waals surface area (Å²) in [6.07, 6.45) is 0.187. The predicted molar refractivity (Wildman–Crippen MR) is 75.3 cm³/mol. The van der Waals surface area contributed by atoms with Crippen LogP contribution in [0.5, 0.6) is 0 Å². The Labute approximate surface area is 115 Å². The fourth-order valence-corrected chi connectivity index (χ4v) is 2.04. The third-order valence-corrected chi connectivity index (χ3v) is 3.20. The second-order valence-electron chi connectivity index (χ2n) is 4.80. The minimum absolute atomic E-state index is 0.000741. The summed E-state index contributed by atoms with van der Waals surface area (Å²) >= 11 is 0. The zero-order valence-corrected chi connectivity index (χ0v) is 12.8. The maximum absolute atomic E-state index is 12.1. The number of aromatic nitrogens is 2. The van der Waals surface area contributed by atoms with Gasteiger partial charge in [0.05, 0.1) is 6.10 Å². The summed E-state index contributed by atoms with van der Waals surface area (Å²) in [7, 11) is 3.55. The van der Waals surface area contributed by atoms with Gasteiger partial charge >= 0.3 is 0 Å². The molecular weight excluding hydrogens is 242 g/mol. The number of aryl methyl sites for hydroxylation is 1. The molecule has 0 spiro atoms. The number of carbonyl (C=O) groups excluding carboxylic acids is 1. The van der Waals surface area contributed by atoms with Crippen molar-refractivity contribution >= 4 is 5.91 Å². The molecule has 1 saturated heterocycles. The average Bonchev–Trinajstić information content (AvgIpc) is 2.72. The molecule has 0 bridgehead atoms. The lowest BCUT2D eigenvalue weighted by molar-refractivity contribution is -0.0195. The van der Waals surface area contributed by atoms with Crippen LogP contribution in [-0.2, 0) is 11.8 Å². The molecule has 5 heteroatoms. The second kappa shape index (κ2) is 6.70. The van der Waals surface area contributed by atoms with E-state index in [9.17, 15) is 4.79 Å². The lowest BCUT2D eigenvalue weighted by Gasteiger charge is -2.37. The van der Waals surface area contributed by atoms with Crippen molar-refractivity contribution in [3.63, 3.8) is 0 Å². The number of rotatable bonds is 3. The smallest absolute Gasteiger partial charge is 0.274 e. The Morgan fingerprint density at radius 3 is 2.42 bits per heavy atom. The number of hydrogen-bond donors (Lipinski definition) is 0. The molecule has 1 aromatic heterocycles. The molecule has 0 saturated carbocycles. The maximum atomic E-state index is 12.1.